The van der Waals surface area contributed by atoms with Gasteiger partial charge < -0.3 is 9.64 Å². The molecule has 4 aromatic rings. The third-order valence-corrected chi connectivity index (χ3v) is 7.39. The highest BCUT2D eigenvalue weighted by molar-refractivity contribution is 5.84. The van der Waals surface area contributed by atoms with Crippen LogP contribution in [-0.2, 0) is 5.41 Å². The number of rotatable bonds is 9. The lowest BCUT2D eigenvalue weighted by Gasteiger charge is -2.37. The van der Waals surface area contributed by atoms with Gasteiger partial charge in [0, 0.05) is 24.7 Å². The molecule has 1 fully saturated rings. The number of hydrogen-bond donors (Lipinski definition) is 0. The van der Waals surface area contributed by atoms with E-state index in [4.69, 9.17) is 4.74 Å². The fourth-order valence-corrected chi connectivity index (χ4v) is 5.64. The van der Waals surface area contributed by atoms with Gasteiger partial charge in [-0.25, -0.2) is 0 Å². The molecule has 0 amide bonds. The van der Waals surface area contributed by atoms with Crippen LogP contribution in [-0.4, -0.2) is 36.1 Å². The van der Waals surface area contributed by atoms with Gasteiger partial charge in [-0.05, 0) is 61.4 Å². The lowest BCUT2D eigenvalue weighted by molar-refractivity contribution is 0.150. The molecule has 1 aromatic heterocycles. The summed E-state index contributed by atoms with van der Waals surface area (Å²) in [6.07, 6.45) is 5.96. The van der Waals surface area contributed by atoms with Crippen LogP contribution in [0.15, 0.2) is 97.2 Å². The Bertz CT molecular complexity index is 1250. The number of fused-ring (bicyclic) bond motifs is 1. The van der Waals surface area contributed by atoms with E-state index in [2.05, 4.69) is 52.4 Å². The van der Waals surface area contributed by atoms with Crippen molar-refractivity contribution in [2.45, 2.75) is 31.1 Å². The summed E-state index contributed by atoms with van der Waals surface area (Å²) in [6, 6.07) is 33.5. The molecule has 5 rings (SSSR count). The van der Waals surface area contributed by atoms with Crippen LogP contribution in [0.4, 0.5) is 0 Å². The predicted molar refractivity (Wildman–Crippen MR) is 145 cm³/mol. The Morgan fingerprint density at radius 1 is 0.917 bits per heavy atom. The average Bonchev–Trinajstić information content (AvgIpc) is 2.95. The number of pyridine rings is 1. The van der Waals surface area contributed by atoms with Crippen LogP contribution in [0.25, 0.3) is 10.9 Å². The van der Waals surface area contributed by atoms with Crippen molar-refractivity contribution < 1.29 is 4.74 Å². The smallest absolute Gasteiger partial charge is 0.145 e. The number of piperidine rings is 1. The van der Waals surface area contributed by atoms with Gasteiger partial charge in [-0.1, -0.05) is 78.9 Å². The van der Waals surface area contributed by atoms with Crippen molar-refractivity contribution in [1.82, 2.24) is 9.88 Å². The second-order valence-corrected chi connectivity index (χ2v) is 9.80. The number of nitrogens with zero attached hydrogens (tertiary/aromatic N) is 3. The number of hydrogen-bond acceptors (Lipinski definition) is 4. The molecule has 1 aliphatic heterocycles. The molecule has 36 heavy (non-hydrogen) atoms. The third-order valence-electron chi connectivity index (χ3n) is 7.39. The Morgan fingerprint density at radius 3 is 2.36 bits per heavy atom. The summed E-state index contributed by atoms with van der Waals surface area (Å²) in [5, 5.41) is 11.7. The van der Waals surface area contributed by atoms with Crippen molar-refractivity contribution in [2.24, 2.45) is 5.92 Å². The Balaban J connectivity index is 1.22. The highest BCUT2D eigenvalue weighted by atomic mass is 16.5. The summed E-state index contributed by atoms with van der Waals surface area (Å²) in [6.45, 7) is 3.82. The summed E-state index contributed by atoms with van der Waals surface area (Å²) in [7, 11) is 0. The van der Waals surface area contributed by atoms with E-state index in [9.17, 15) is 5.26 Å². The van der Waals surface area contributed by atoms with Crippen LogP contribution in [0.3, 0.4) is 0 Å². The zero-order valence-corrected chi connectivity index (χ0v) is 20.7. The molecular weight excluding hydrogens is 442 g/mol. The molecule has 0 bridgehead atoms. The summed E-state index contributed by atoms with van der Waals surface area (Å²) in [5.74, 6) is 1.33. The van der Waals surface area contributed by atoms with Crippen LogP contribution in [0.2, 0.25) is 0 Å². The van der Waals surface area contributed by atoms with Gasteiger partial charge in [0.25, 0.3) is 0 Å². The van der Waals surface area contributed by atoms with Crippen LogP contribution in [0, 0.1) is 17.2 Å². The number of benzene rings is 3. The van der Waals surface area contributed by atoms with Crippen molar-refractivity contribution >= 4 is 10.9 Å². The van der Waals surface area contributed by atoms with Gasteiger partial charge in [-0.15, -0.1) is 0 Å². The normalized spacial score (nSPS) is 16.5. The SMILES string of the molecule is N#CC(CC1CCCN(CCCOc2cccc3cccnc23)C1)(c1ccccc1)c1ccccc1. The molecule has 0 N–H and O–H groups in total. The topological polar surface area (TPSA) is 49.2 Å². The zero-order chi connectivity index (χ0) is 24.6. The molecule has 182 valence electrons. The first-order valence-corrected chi connectivity index (χ1v) is 13.0. The van der Waals surface area contributed by atoms with Gasteiger partial charge in [0.15, 0.2) is 0 Å². The molecule has 1 aliphatic rings. The second-order valence-electron chi connectivity index (χ2n) is 9.80. The first-order valence-electron chi connectivity index (χ1n) is 13.0. The molecule has 2 heterocycles. The van der Waals surface area contributed by atoms with Crippen molar-refractivity contribution in [3.05, 3.63) is 108 Å². The molecule has 1 atom stereocenters. The summed E-state index contributed by atoms with van der Waals surface area (Å²) in [4.78, 5) is 7.04. The average molecular weight is 476 g/mol. The maximum atomic E-state index is 10.6. The standard InChI is InChI=1S/C32H33N3O/c33-25-32(28-14-3-1-4-15-28,29-16-5-2-6-17-29)23-26-11-9-20-35(24-26)21-10-22-36-30-18-7-12-27-13-8-19-34-31(27)30/h1-8,12-19,26H,9-11,20-24H2. The van der Waals surface area contributed by atoms with E-state index in [-0.39, 0.29) is 0 Å². The van der Waals surface area contributed by atoms with E-state index in [0.29, 0.717) is 12.5 Å². The molecule has 1 saturated heterocycles. The van der Waals surface area contributed by atoms with Gasteiger partial charge in [0.2, 0.25) is 0 Å². The molecule has 0 spiro atoms. The minimum atomic E-state index is -0.624. The fourth-order valence-electron chi connectivity index (χ4n) is 5.64. The van der Waals surface area contributed by atoms with Crippen molar-refractivity contribution in [1.29, 1.82) is 5.26 Å². The second kappa shape index (κ2) is 11.4. The van der Waals surface area contributed by atoms with Gasteiger partial charge in [0.1, 0.15) is 16.7 Å². The van der Waals surface area contributed by atoms with E-state index in [1.54, 1.807) is 0 Å². The van der Waals surface area contributed by atoms with Crippen LogP contribution >= 0.6 is 0 Å². The monoisotopic (exact) mass is 475 g/mol. The minimum absolute atomic E-state index is 0.474. The Labute approximate surface area is 214 Å². The van der Waals surface area contributed by atoms with Gasteiger partial charge in [-0.2, -0.15) is 5.26 Å². The first kappa shape index (κ1) is 24.0. The predicted octanol–water partition coefficient (Wildman–Crippen LogP) is 6.62. The Kier molecular flexibility index (Phi) is 7.59. The number of aromatic nitrogens is 1. The maximum absolute atomic E-state index is 10.6. The van der Waals surface area contributed by atoms with E-state index < -0.39 is 5.41 Å². The third kappa shape index (κ3) is 5.27. The Hall–Kier alpha value is -3.68. The molecule has 4 heteroatoms. The molecule has 1 unspecified atom stereocenters. The first-order chi connectivity index (χ1) is 17.8. The highest BCUT2D eigenvalue weighted by Gasteiger charge is 2.38. The lowest BCUT2D eigenvalue weighted by atomic mass is 9.69. The summed E-state index contributed by atoms with van der Waals surface area (Å²) >= 11 is 0. The summed E-state index contributed by atoms with van der Waals surface area (Å²) in [5.41, 5.74) is 2.48. The highest BCUT2D eigenvalue weighted by Crippen LogP contribution is 2.40. The van der Waals surface area contributed by atoms with E-state index in [0.717, 1.165) is 66.7 Å². The van der Waals surface area contributed by atoms with Gasteiger partial charge in [0.05, 0.1) is 12.7 Å². The van der Waals surface area contributed by atoms with Crippen LogP contribution in [0.5, 0.6) is 5.75 Å². The van der Waals surface area contributed by atoms with Gasteiger partial charge >= 0.3 is 0 Å². The molecule has 0 radical (unpaired) electrons. The molecule has 0 aliphatic carbocycles. The van der Waals surface area contributed by atoms with Crippen LogP contribution < -0.4 is 4.74 Å². The van der Waals surface area contributed by atoms with E-state index in [1.165, 1.54) is 6.42 Å². The van der Waals surface area contributed by atoms with E-state index in [1.807, 2.05) is 60.8 Å². The molecule has 3 aromatic carbocycles. The quantitative estimate of drug-likeness (QED) is 0.255. The Morgan fingerprint density at radius 2 is 1.64 bits per heavy atom. The number of nitriles is 1. The van der Waals surface area contributed by atoms with Crippen molar-refractivity contribution in [3.63, 3.8) is 0 Å². The van der Waals surface area contributed by atoms with Crippen LogP contribution in [0.1, 0.15) is 36.8 Å². The zero-order valence-electron chi connectivity index (χ0n) is 20.7. The number of likely N-dealkylation sites (tertiary alicyclic amines) is 1. The minimum Gasteiger partial charge on any atom is -0.491 e. The fraction of sp³-hybridized carbons (Fsp3) is 0.312. The molecule has 0 saturated carbocycles. The number of ether oxygens (including phenoxy) is 1. The van der Waals surface area contributed by atoms with Gasteiger partial charge in [-0.3, -0.25) is 4.98 Å². The number of para-hydroxylation sites is 1. The largest absolute Gasteiger partial charge is 0.491 e. The maximum Gasteiger partial charge on any atom is 0.145 e. The molecule has 4 nitrogen and oxygen atoms in total. The lowest BCUT2D eigenvalue weighted by Crippen LogP contribution is -2.40. The molecular formula is C32H33N3O. The van der Waals surface area contributed by atoms with Crippen molar-refractivity contribution in [3.8, 4) is 11.8 Å². The van der Waals surface area contributed by atoms with Crippen molar-refractivity contribution in [2.75, 3.05) is 26.2 Å². The van der Waals surface area contributed by atoms with E-state index >= 15 is 0 Å². The summed E-state index contributed by atoms with van der Waals surface area (Å²) < 4.78 is 6.12.